The molecule has 0 spiro atoms. The van der Waals surface area contributed by atoms with Crippen LogP contribution in [-0.2, 0) is 0 Å². The van der Waals surface area contributed by atoms with E-state index < -0.39 is 0 Å². The molecule has 0 heterocycles. The van der Waals surface area contributed by atoms with E-state index >= 15 is 0 Å². The van der Waals surface area contributed by atoms with Crippen molar-refractivity contribution in [3.05, 3.63) is 194 Å². The van der Waals surface area contributed by atoms with Crippen molar-refractivity contribution in [2.24, 2.45) is 0 Å². The monoisotopic (exact) mass is 660 g/mol. The van der Waals surface area contributed by atoms with Crippen LogP contribution in [0.4, 0.5) is 0 Å². The van der Waals surface area contributed by atoms with Crippen molar-refractivity contribution in [1.29, 1.82) is 0 Å². The van der Waals surface area contributed by atoms with Crippen LogP contribution in [0.5, 0.6) is 0 Å². The predicted octanol–water partition coefficient (Wildman–Crippen LogP) is 12.1. The zero-order chi connectivity index (χ0) is 33.7. The van der Waals surface area contributed by atoms with Gasteiger partial charge in [0.25, 0.3) is 0 Å². The fourth-order valence-corrected chi connectivity index (χ4v) is 9.08. The largest absolute Gasteiger partial charge is 0.121 e. The molecule has 51 heavy (non-hydrogen) atoms. The smallest absolute Gasteiger partial charge is 0.0631 e. The van der Waals surface area contributed by atoms with Gasteiger partial charge >= 0.3 is 0 Å². The summed E-state index contributed by atoms with van der Waals surface area (Å²) in [5, 5.41) is 15.5. The Morgan fingerprint density at radius 1 is 0.255 bits per heavy atom. The quantitative estimate of drug-likeness (QED) is 0.0979. The Balaban J connectivity index is 1.24. The summed E-state index contributed by atoms with van der Waals surface area (Å²) in [5.41, 5.74) is 7.56. The van der Waals surface area contributed by atoms with Gasteiger partial charge in [-0.3, -0.25) is 0 Å². The molecule has 0 nitrogen and oxygen atoms in total. The fraction of sp³-hybridized carbons (Fsp3) is 0. The lowest BCUT2D eigenvalue weighted by Crippen LogP contribution is -2.26. The Morgan fingerprint density at radius 2 is 0.824 bits per heavy atom. The Kier molecular flexibility index (Phi) is 7.11. The Labute approximate surface area is 300 Å². The second-order valence-electron chi connectivity index (χ2n) is 13.4. The molecule has 0 saturated carbocycles. The lowest BCUT2D eigenvalue weighted by atomic mass is 9.83. The zero-order valence-corrected chi connectivity index (χ0v) is 29.0. The van der Waals surface area contributed by atoms with Gasteiger partial charge in [-0.25, -0.2) is 0 Å². The van der Waals surface area contributed by atoms with Crippen molar-refractivity contribution >= 4 is 73.8 Å². The van der Waals surface area contributed by atoms with Crippen LogP contribution in [0.15, 0.2) is 194 Å². The van der Waals surface area contributed by atoms with Gasteiger partial charge in [-0.2, -0.15) is 0 Å². The molecule has 2 radical (unpaired) electrons. The molecule has 10 aromatic rings. The minimum atomic E-state index is 0.575. The average Bonchev–Trinajstić information content (AvgIpc) is 3.20. The molecule has 0 bridgehead atoms. The van der Waals surface area contributed by atoms with E-state index in [1.165, 1.54) is 97.6 Å². The van der Waals surface area contributed by atoms with E-state index in [2.05, 4.69) is 194 Å². The van der Waals surface area contributed by atoms with E-state index in [0.717, 1.165) is 0 Å². The number of hydrogen-bond donors (Lipinski definition) is 0. The first-order valence-corrected chi connectivity index (χ1v) is 18.6. The third kappa shape index (κ3) is 5.14. The summed E-state index contributed by atoms with van der Waals surface area (Å²) in [5.74, 6) is 0. The molecule has 0 N–H and O–H groups in total. The molecule has 1 heteroatoms. The van der Waals surface area contributed by atoms with Gasteiger partial charge in [0.2, 0.25) is 0 Å². The standard InChI is InChI=1S/C50H32Si/c1-2-15-39(16-3-1)51-40-28-29-46-48(32-40)50(47-31-38-14-6-7-17-41(38)42-18-8-9-19-43(42)47)45-21-11-10-20-44(45)49(46)35-25-22-34(23-26-35)37-27-24-33-12-4-5-13-36(33)30-37/h1-32H. The van der Waals surface area contributed by atoms with Crippen LogP contribution in [0.3, 0.4) is 0 Å². The second-order valence-corrected chi connectivity index (χ2v) is 14.8. The third-order valence-corrected chi connectivity index (χ3v) is 11.6. The average molecular weight is 661 g/mol. The van der Waals surface area contributed by atoms with Gasteiger partial charge in [0.15, 0.2) is 0 Å². The number of rotatable bonds is 5. The van der Waals surface area contributed by atoms with Crippen LogP contribution in [0, 0.1) is 0 Å². The predicted molar refractivity (Wildman–Crippen MR) is 222 cm³/mol. The van der Waals surface area contributed by atoms with Crippen molar-refractivity contribution in [2.75, 3.05) is 0 Å². The van der Waals surface area contributed by atoms with Crippen LogP contribution < -0.4 is 10.4 Å². The van der Waals surface area contributed by atoms with Gasteiger partial charge in [0.05, 0.1) is 0 Å². The van der Waals surface area contributed by atoms with Crippen LogP contribution in [0.1, 0.15) is 0 Å². The van der Waals surface area contributed by atoms with Crippen molar-refractivity contribution in [1.82, 2.24) is 0 Å². The Morgan fingerprint density at radius 3 is 1.61 bits per heavy atom. The maximum Gasteiger partial charge on any atom is 0.121 e. The molecule has 0 aliphatic carbocycles. The highest BCUT2D eigenvalue weighted by molar-refractivity contribution is 6.67. The van der Waals surface area contributed by atoms with E-state index in [1.54, 1.807) is 0 Å². The van der Waals surface area contributed by atoms with E-state index in [9.17, 15) is 0 Å². The van der Waals surface area contributed by atoms with Crippen LogP contribution in [-0.4, -0.2) is 9.52 Å². The number of benzene rings is 10. The molecule has 0 aromatic heterocycles. The van der Waals surface area contributed by atoms with E-state index in [0.29, 0.717) is 9.52 Å². The van der Waals surface area contributed by atoms with Crippen molar-refractivity contribution in [3.8, 4) is 33.4 Å². The first kappa shape index (κ1) is 29.6. The summed E-state index contributed by atoms with van der Waals surface area (Å²) in [6.45, 7) is 0. The van der Waals surface area contributed by atoms with Gasteiger partial charge in [0, 0.05) is 0 Å². The Hall–Kier alpha value is -6.28. The van der Waals surface area contributed by atoms with E-state index in [4.69, 9.17) is 0 Å². The van der Waals surface area contributed by atoms with E-state index in [1.807, 2.05) is 0 Å². The van der Waals surface area contributed by atoms with Crippen LogP contribution >= 0.6 is 0 Å². The lowest BCUT2D eigenvalue weighted by Gasteiger charge is -2.20. The highest BCUT2D eigenvalue weighted by Gasteiger charge is 2.20. The molecule has 0 saturated heterocycles. The summed E-state index contributed by atoms with van der Waals surface area (Å²) >= 11 is 0. The normalized spacial score (nSPS) is 11.6. The fourth-order valence-electron chi connectivity index (χ4n) is 8.00. The molecule has 10 aromatic carbocycles. The highest BCUT2D eigenvalue weighted by Crippen LogP contribution is 2.46. The van der Waals surface area contributed by atoms with Gasteiger partial charge in [-0.15, -0.1) is 0 Å². The summed E-state index contributed by atoms with van der Waals surface area (Å²) in [6, 6.07) is 71.8. The van der Waals surface area contributed by atoms with Crippen LogP contribution in [0.25, 0.3) is 87.2 Å². The molecule has 0 amide bonds. The number of fused-ring (bicyclic) bond motifs is 6. The van der Waals surface area contributed by atoms with Gasteiger partial charge in [0.1, 0.15) is 9.52 Å². The highest BCUT2D eigenvalue weighted by atomic mass is 28.2. The second kappa shape index (κ2) is 12.2. The number of hydrogen-bond acceptors (Lipinski definition) is 0. The minimum absolute atomic E-state index is 0.575. The molecule has 10 rings (SSSR count). The summed E-state index contributed by atoms with van der Waals surface area (Å²) in [4.78, 5) is 0. The molecular weight excluding hydrogens is 629 g/mol. The Bertz CT molecular complexity index is 2920. The van der Waals surface area contributed by atoms with Crippen molar-refractivity contribution in [2.45, 2.75) is 0 Å². The van der Waals surface area contributed by atoms with Gasteiger partial charge in [-0.1, -0.05) is 192 Å². The molecule has 0 aliphatic heterocycles. The first-order chi connectivity index (χ1) is 25.3. The molecule has 0 atom stereocenters. The van der Waals surface area contributed by atoms with Gasteiger partial charge < -0.3 is 0 Å². The molecule has 0 unspecified atom stereocenters. The van der Waals surface area contributed by atoms with E-state index in [-0.39, 0.29) is 0 Å². The third-order valence-electron chi connectivity index (χ3n) is 10.4. The maximum absolute atomic E-state index is 2.47. The molecule has 0 aliphatic rings. The van der Waals surface area contributed by atoms with Crippen LogP contribution in [0.2, 0.25) is 0 Å². The van der Waals surface area contributed by atoms with Crippen molar-refractivity contribution < 1.29 is 0 Å². The SMILES string of the molecule is c1ccc([Si]c2ccc3c(-c4ccc(-c5ccc6ccccc6c5)cc4)c4ccccc4c(-c4cc5ccccc5c5ccccc45)c3c2)cc1. The summed E-state index contributed by atoms with van der Waals surface area (Å²) < 4.78 is 0. The zero-order valence-electron chi connectivity index (χ0n) is 28.0. The summed E-state index contributed by atoms with van der Waals surface area (Å²) in [6.07, 6.45) is 0. The minimum Gasteiger partial charge on any atom is -0.0631 e. The summed E-state index contributed by atoms with van der Waals surface area (Å²) in [7, 11) is 0.575. The topological polar surface area (TPSA) is 0 Å². The first-order valence-electron chi connectivity index (χ1n) is 17.6. The van der Waals surface area contributed by atoms with Gasteiger partial charge in [-0.05, 0) is 99.4 Å². The molecular formula is C50H32Si. The molecule has 0 fully saturated rings. The molecule has 236 valence electrons. The lowest BCUT2D eigenvalue weighted by molar-refractivity contribution is 1.63. The van der Waals surface area contributed by atoms with Crippen molar-refractivity contribution in [3.63, 3.8) is 0 Å². The maximum atomic E-state index is 2.47.